The Balaban J connectivity index is 2.60. The topological polar surface area (TPSA) is 55.8 Å². The van der Waals surface area contributed by atoms with Gasteiger partial charge in [0.25, 0.3) is 0 Å². The molecule has 0 bridgehead atoms. The molecule has 1 aliphatic rings. The van der Waals surface area contributed by atoms with Crippen molar-refractivity contribution in [1.29, 1.82) is 0 Å². The molecule has 0 N–H and O–H groups in total. The van der Waals surface area contributed by atoms with Gasteiger partial charge in [-0.25, -0.2) is 4.79 Å². The highest BCUT2D eigenvalue weighted by atomic mass is 16.6. The van der Waals surface area contributed by atoms with Crippen molar-refractivity contribution in [2.75, 3.05) is 19.7 Å². The molecule has 1 saturated heterocycles. The van der Waals surface area contributed by atoms with E-state index in [1.807, 2.05) is 27.7 Å². The first-order valence-corrected chi connectivity index (χ1v) is 7.40. The maximum absolute atomic E-state index is 12.1. The molecule has 0 saturated carbocycles. The van der Waals surface area contributed by atoms with Crippen molar-refractivity contribution in [2.24, 2.45) is 5.92 Å². The van der Waals surface area contributed by atoms with Gasteiger partial charge < -0.3 is 19.2 Å². The van der Waals surface area contributed by atoms with Crippen molar-refractivity contribution < 1.29 is 19.1 Å². The molecule has 0 spiro atoms. The van der Waals surface area contributed by atoms with E-state index in [2.05, 4.69) is 0 Å². The van der Waals surface area contributed by atoms with Crippen molar-refractivity contribution in [3.8, 4) is 0 Å². The van der Waals surface area contributed by atoms with Crippen LogP contribution in [-0.4, -0.2) is 48.7 Å². The highest BCUT2D eigenvalue weighted by Crippen LogP contribution is 2.24. The Bertz CT molecular complexity index is 324. The van der Waals surface area contributed by atoms with E-state index >= 15 is 0 Å². The summed E-state index contributed by atoms with van der Waals surface area (Å²) in [7, 11) is 0. The Labute approximate surface area is 121 Å². The van der Waals surface area contributed by atoms with Gasteiger partial charge in [-0.05, 0) is 40.5 Å². The molecule has 0 aromatic carbocycles. The predicted molar refractivity (Wildman–Crippen MR) is 76.6 cm³/mol. The maximum atomic E-state index is 12.1. The molecule has 1 aliphatic heterocycles. The van der Waals surface area contributed by atoms with Gasteiger partial charge >= 0.3 is 6.09 Å². The summed E-state index contributed by atoms with van der Waals surface area (Å²) < 4.78 is 11.0. The van der Waals surface area contributed by atoms with E-state index in [9.17, 15) is 9.59 Å². The lowest BCUT2D eigenvalue weighted by molar-refractivity contribution is -0.112. The molecule has 116 valence electrons. The second-order valence-corrected chi connectivity index (χ2v) is 6.22. The average molecular weight is 285 g/mol. The number of rotatable bonds is 5. The Morgan fingerprint density at radius 1 is 1.45 bits per heavy atom. The molecule has 1 amide bonds. The number of hydrogen-bond donors (Lipinski definition) is 0. The zero-order valence-corrected chi connectivity index (χ0v) is 13.1. The van der Waals surface area contributed by atoms with Crippen molar-refractivity contribution in [2.45, 2.75) is 58.7 Å². The van der Waals surface area contributed by atoms with Gasteiger partial charge in [0.15, 0.2) is 0 Å². The Kier molecular flexibility index (Phi) is 6.46. The predicted octanol–water partition coefficient (Wildman–Crippen LogP) is 2.63. The first-order valence-electron chi connectivity index (χ1n) is 7.40. The molecule has 0 radical (unpaired) electrons. The third kappa shape index (κ3) is 5.49. The van der Waals surface area contributed by atoms with Gasteiger partial charge in [-0.1, -0.05) is 0 Å². The Morgan fingerprint density at radius 2 is 2.15 bits per heavy atom. The average Bonchev–Trinajstić information content (AvgIpc) is 2.37. The fourth-order valence-corrected chi connectivity index (χ4v) is 2.51. The van der Waals surface area contributed by atoms with Gasteiger partial charge in [0, 0.05) is 32.0 Å². The van der Waals surface area contributed by atoms with Crippen LogP contribution in [0, 0.1) is 5.92 Å². The summed E-state index contributed by atoms with van der Waals surface area (Å²) in [4.78, 5) is 24.6. The van der Waals surface area contributed by atoms with E-state index in [-0.39, 0.29) is 18.1 Å². The smallest absolute Gasteiger partial charge is 0.410 e. The third-order valence-electron chi connectivity index (χ3n) is 3.34. The maximum Gasteiger partial charge on any atom is 0.410 e. The molecule has 0 aliphatic carbocycles. The van der Waals surface area contributed by atoms with Gasteiger partial charge in [0.2, 0.25) is 0 Å². The van der Waals surface area contributed by atoms with Crippen LogP contribution in [0.1, 0.15) is 47.0 Å². The van der Waals surface area contributed by atoms with E-state index < -0.39 is 5.60 Å². The van der Waals surface area contributed by atoms with Gasteiger partial charge in [0.1, 0.15) is 11.9 Å². The zero-order chi connectivity index (χ0) is 15.2. The van der Waals surface area contributed by atoms with E-state index in [0.717, 1.165) is 19.1 Å². The fraction of sp³-hybridized carbons (Fsp3) is 0.867. The highest BCUT2D eigenvalue weighted by Gasteiger charge is 2.31. The molecule has 1 rings (SSSR count). The molecule has 1 heterocycles. The van der Waals surface area contributed by atoms with Crippen LogP contribution in [-0.2, 0) is 14.3 Å². The van der Waals surface area contributed by atoms with Crippen LogP contribution >= 0.6 is 0 Å². The van der Waals surface area contributed by atoms with Gasteiger partial charge in [-0.2, -0.15) is 0 Å². The minimum absolute atomic E-state index is 0.0947. The number of ether oxygens (including phenoxy) is 2. The molecule has 20 heavy (non-hydrogen) atoms. The minimum atomic E-state index is -0.480. The fourth-order valence-electron chi connectivity index (χ4n) is 2.51. The molecule has 2 unspecified atom stereocenters. The van der Waals surface area contributed by atoms with E-state index in [0.29, 0.717) is 26.1 Å². The molecule has 1 fully saturated rings. The summed E-state index contributed by atoms with van der Waals surface area (Å²) in [6.45, 7) is 9.41. The van der Waals surface area contributed by atoms with Crippen LogP contribution in [0.5, 0.6) is 0 Å². The summed E-state index contributed by atoms with van der Waals surface area (Å²) in [5.41, 5.74) is -0.480. The minimum Gasteiger partial charge on any atom is -0.444 e. The summed E-state index contributed by atoms with van der Waals surface area (Å²) in [6.07, 6.45) is 2.82. The van der Waals surface area contributed by atoms with Crippen molar-refractivity contribution in [3.63, 3.8) is 0 Å². The lowest BCUT2D eigenvalue weighted by Gasteiger charge is -2.37. The first-order chi connectivity index (χ1) is 9.37. The lowest BCUT2D eigenvalue weighted by Crippen LogP contribution is -2.46. The van der Waals surface area contributed by atoms with E-state index in [1.165, 1.54) is 0 Å². The number of amides is 1. The largest absolute Gasteiger partial charge is 0.444 e. The second kappa shape index (κ2) is 7.62. The van der Waals surface area contributed by atoms with Crippen LogP contribution in [0.4, 0.5) is 4.79 Å². The number of carbonyl (C=O) groups excluding carboxylic acids is 2. The zero-order valence-electron chi connectivity index (χ0n) is 13.1. The van der Waals surface area contributed by atoms with Crippen molar-refractivity contribution in [3.05, 3.63) is 0 Å². The quantitative estimate of drug-likeness (QED) is 0.729. The number of likely N-dealkylation sites (tertiary alicyclic amines) is 1. The number of piperidine rings is 1. The molecule has 5 nitrogen and oxygen atoms in total. The molecule has 0 aromatic rings. The number of carbonyl (C=O) groups is 2. The summed E-state index contributed by atoms with van der Waals surface area (Å²) in [5, 5.41) is 0. The van der Waals surface area contributed by atoms with Gasteiger partial charge in [-0.3, -0.25) is 0 Å². The monoisotopic (exact) mass is 285 g/mol. The summed E-state index contributed by atoms with van der Waals surface area (Å²) in [5.74, 6) is 0.210. The lowest BCUT2D eigenvalue weighted by atomic mass is 9.91. The van der Waals surface area contributed by atoms with Crippen LogP contribution in [0.15, 0.2) is 0 Å². The standard InChI is InChI=1S/C15H27NO4/c1-5-19-13(8-10-17)12-7-6-9-16(11-12)14(18)20-15(2,3)4/h10,12-13H,5-9,11H2,1-4H3. The Hall–Kier alpha value is -1.10. The number of aldehydes is 1. The van der Waals surface area contributed by atoms with Crippen LogP contribution in [0.25, 0.3) is 0 Å². The van der Waals surface area contributed by atoms with Crippen LogP contribution in [0.2, 0.25) is 0 Å². The normalized spacial score (nSPS) is 21.4. The van der Waals surface area contributed by atoms with Crippen LogP contribution in [0.3, 0.4) is 0 Å². The number of hydrogen-bond acceptors (Lipinski definition) is 4. The number of nitrogens with zero attached hydrogens (tertiary/aromatic N) is 1. The Morgan fingerprint density at radius 3 is 2.70 bits per heavy atom. The van der Waals surface area contributed by atoms with Crippen molar-refractivity contribution in [1.82, 2.24) is 4.90 Å². The molecule has 0 aromatic heterocycles. The molecule has 2 atom stereocenters. The summed E-state index contributed by atoms with van der Waals surface area (Å²) >= 11 is 0. The van der Waals surface area contributed by atoms with Gasteiger partial charge in [0.05, 0.1) is 6.10 Å². The molecular weight excluding hydrogens is 258 g/mol. The van der Waals surface area contributed by atoms with Crippen molar-refractivity contribution >= 4 is 12.4 Å². The van der Waals surface area contributed by atoms with Gasteiger partial charge in [-0.15, -0.1) is 0 Å². The first kappa shape index (κ1) is 17.0. The second-order valence-electron chi connectivity index (χ2n) is 6.22. The molecular formula is C15H27NO4. The third-order valence-corrected chi connectivity index (χ3v) is 3.34. The molecule has 5 heteroatoms. The highest BCUT2D eigenvalue weighted by molar-refractivity contribution is 5.68. The SMILES string of the molecule is CCOC(CC=O)C1CCCN(C(=O)OC(C)(C)C)C1. The van der Waals surface area contributed by atoms with E-state index in [1.54, 1.807) is 4.90 Å². The van der Waals surface area contributed by atoms with Crippen LogP contribution < -0.4 is 0 Å². The van der Waals surface area contributed by atoms with E-state index in [4.69, 9.17) is 9.47 Å². The summed E-state index contributed by atoms with van der Waals surface area (Å²) in [6, 6.07) is 0.